The molecule has 0 saturated heterocycles. The Morgan fingerprint density at radius 3 is 1.24 bits per heavy atom. The zero-order valence-electron chi connectivity index (χ0n) is 37.2. The molecule has 0 aliphatic rings. The second-order valence-corrected chi connectivity index (χ2v) is 17.1. The summed E-state index contributed by atoms with van der Waals surface area (Å²) in [6.07, 6.45) is 0. The number of aromatic nitrogens is 4. The van der Waals surface area contributed by atoms with Crippen molar-refractivity contribution in [1.82, 2.24) is 19.1 Å². The second-order valence-electron chi connectivity index (χ2n) is 17.1. The minimum absolute atomic E-state index is 0.398. The van der Waals surface area contributed by atoms with Gasteiger partial charge in [-0.15, -0.1) is 0 Å². The Labute approximate surface area is 402 Å². The number of hydrogen-bond donors (Lipinski definition) is 0. The van der Waals surface area contributed by atoms with E-state index in [1.165, 1.54) is 10.8 Å². The number of nitrogens with zero attached hydrogens (tertiary/aromatic N) is 8. The standard InChI is InChI=1S/C62H34N8/c63-35-39-13-17-42(18-14-39)55-34-56(68-62(67-55)45-19-15-40(36-64)16-20-45)43-23-21-41(22-24-43)46-31-47(37-65)61(48(32-46)38-66)44-25-27-49(28-26-44)69-59-12-6-3-9-53(59)54-33-50(29-30-60(54)69)70-57-10-4-1-7-51(57)52-8-2-5-11-58(52)70/h1-34H. The lowest BCUT2D eigenvalue weighted by molar-refractivity contribution is 1.17. The van der Waals surface area contributed by atoms with Crippen molar-refractivity contribution in [2.75, 3.05) is 0 Å². The monoisotopic (exact) mass is 890 g/mol. The highest BCUT2D eigenvalue weighted by atomic mass is 15.0. The van der Waals surface area contributed by atoms with Gasteiger partial charge in [-0.2, -0.15) is 21.0 Å². The lowest BCUT2D eigenvalue weighted by Crippen LogP contribution is -1.97. The highest BCUT2D eigenvalue weighted by Gasteiger charge is 2.19. The summed E-state index contributed by atoms with van der Waals surface area (Å²) < 4.78 is 4.62. The molecule has 9 aromatic carbocycles. The second kappa shape index (κ2) is 16.8. The van der Waals surface area contributed by atoms with Gasteiger partial charge in [0.05, 0.1) is 80.0 Å². The molecule has 0 atom stereocenters. The molecule has 70 heavy (non-hydrogen) atoms. The van der Waals surface area contributed by atoms with Crippen LogP contribution in [0.1, 0.15) is 22.3 Å². The van der Waals surface area contributed by atoms with Gasteiger partial charge >= 0.3 is 0 Å². The van der Waals surface area contributed by atoms with E-state index in [0.717, 1.165) is 77.6 Å². The fourth-order valence-electron chi connectivity index (χ4n) is 9.77. The maximum atomic E-state index is 10.6. The SMILES string of the molecule is N#Cc1ccc(-c2cc(-c3ccc(-c4cc(C#N)c(-c5ccc(-n6c7ccccc7c7cc(-n8c9ccccc9c9ccccc98)ccc76)cc5)c(C#N)c4)cc3)nc(-c3ccc(C#N)cc3)n2)cc1. The number of nitriles is 4. The molecule has 0 aliphatic heterocycles. The summed E-state index contributed by atoms with van der Waals surface area (Å²) in [5.74, 6) is 0.492. The Bertz CT molecular complexity index is 4080. The van der Waals surface area contributed by atoms with Crippen molar-refractivity contribution in [3.05, 3.63) is 229 Å². The smallest absolute Gasteiger partial charge is 0.160 e. The van der Waals surface area contributed by atoms with E-state index in [0.29, 0.717) is 45.0 Å². The topological polar surface area (TPSA) is 131 Å². The maximum Gasteiger partial charge on any atom is 0.160 e. The Morgan fingerprint density at radius 1 is 0.314 bits per heavy atom. The molecule has 12 aromatic rings. The van der Waals surface area contributed by atoms with E-state index < -0.39 is 0 Å². The molecular weight excluding hydrogens is 857 g/mol. The van der Waals surface area contributed by atoms with Gasteiger partial charge in [0.25, 0.3) is 0 Å². The van der Waals surface area contributed by atoms with Gasteiger partial charge in [-0.25, -0.2) is 9.97 Å². The molecule has 0 saturated carbocycles. The molecule has 0 N–H and O–H groups in total. The van der Waals surface area contributed by atoms with Crippen LogP contribution in [0, 0.1) is 45.3 Å². The number of hydrogen-bond acceptors (Lipinski definition) is 6. The third-order valence-corrected chi connectivity index (χ3v) is 13.1. The van der Waals surface area contributed by atoms with E-state index >= 15 is 0 Å². The minimum atomic E-state index is 0.398. The van der Waals surface area contributed by atoms with Crippen molar-refractivity contribution in [2.45, 2.75) is 0 Å². The molecule has 12 rings (SSSR count). The van der Waals surface area contributed by atoms with Crippen LogP contribution in [0.5, 0.6) is 0 Å². The average molecular weight is 891 g/mol. The number of rotatable bonds is 7. The van der Waals surface area contributed by atoms with E-state index in [1.807, 2.05) is 78.9 Å². The van der Waals surface area contributed by atoms with Crippen LogP contribution in [0.3, 0.4) is 0 Å². The van der Waals surface area contributed by atoms with Crippen LogP contribution in [-0.2, 0) is 0 Å². The Hall–Kier alpha value is -10.4. The molecule has 3 aromatic heterocycles. The molecule has 3 heterocycles. The van der Waals surface area contributed by atoms with Crippen LogP contribution in [0.25, 0.3) is 111 Å². The third-order valence-electron chi connectivity index (χ3n) is 13.1. The predicted octanol–water partition coefficient (Wildman–Crippen LogP) is 14.5. The third kappa shape index (κ3) is 6.90. The van der Waals surface area contributed by atoms with Gasteiger partial charge in [0.1, 0.15) is 0 Å². The van der Waals surface area contributed by atoms with Crippen LogP contribution in [0.2, 0.25) is 0 Å². The molecule has 0 aliphatic carbocycles. The zero-order valence-corrected chi connectivity index (χ0v) is 37.2. The van der Waals surface area contributed by atoms with Gasteiger partial charge in [0, 0.05) is 55.2 Å². The number of benzene rings is 9. The van der Waals surface area contributed by atoms with Gasteiger partial charge in [-0.05, 0) is 120 Å². The molecule has 0 unspecified atom stereocenters. The predicted molar refractivity (Wildman–Crippen MR) is 277 cm³/mol. The normalized spacial score (nSPS) is 11.1. The Kier molecular flexibility index (Phi) is 9.86. The summed E-state index contributed by atoms with van der Waals surface area (Å²) in [6.45, 7) is 0. The summed E-state index contributed by atoms with van der Waals surface area (Å²) in [7, 11) is 0. The average Bonchev–Trinajstić information content (AvgIpc) is 3.95. The summed E-state index contributed by atoms with van der Waals surface area (Å²) in [5.41, 5.74) is 15.1. The first-order chi connectivity index (χ1) is 34.5. The van der Waals surface area contributed by atoms with Crippen molar-refractivity contribution in [2.24, 2.45) is 0 Å². The van der Waals surface area contributed by atoms with Gasteiger partial charge in [0.2, 0.25) is 0 Å². The fourth-order valence-corrected chi connectivity index (χ4v) is 9.77. The highest BCUT2D eigenvalue weighted by Crippen LogP contribution is 2.39. The van der Waals surface area contributed by atoms with Crippen molar-refractivity contribution < 1.29 is 0 Å². The number of para-hydroxylation sites is 3. The Morgan fingerprint density at radius 2 is 0.729 bits per heavy atom. The largest absolute Gasteiger partial charge is 0.309 e. The quantitative estimate of drug-likeness (QED) is 0.157. The van der Waals surface area contributed by atoms with Crippen molar-refractivity contribution in [1.29, 1.82) is 21.0 Å². The van der Waals surface area contributed by atoms with Crippen LogP contribution in [0.15, 0.2) is 206 Å². The highest BCUT2D eigenvalue weighted by molar-refractivity contribution is 6.12. The zero-order chi connectivity index (χ0) is 47.3. The molecule has 322 valence electrons. The minimum Gasteiger partial charge on any atom is -0.309 e. The molecule has 0 bridgehead atoms. The first-order valence-electron chi connectivity index (χ1n) is 22.6. The summed E-state index contributed by atoms with van der Waals surface area (Å²) >= 11 is 0. The number of fused-ring (bicyclic) bond motifs is 6. The van der Waals surface area contributed by atoms with Crippen LogP contribution < -0.4 is 0 Å². The summed E-state index contributed by atoms with van der Waals surface area (Å²) in [6, 6.07) is 77.3. The van der Waals surface area contributed by atoms with Crippen LogP contribution in [-0.4, -0.2) is 19.1 Å². The molecule has 0 fully saturated rings. The molecular formula is C62H34N8. The van der Waals surface area contributed by atoms with Crippen molar-refractivity contribution in [3.63, 3.8) is 0 Å². The first-order valence-corrected chi connectivity index (χ1v) is 22.6. The van der Waals surface area contributed by atoms with E-state index in [9.17, 15) is 21.0 Å². The maximum absolute atomic E-state index is 10.6. The van der Waals surface area contributed by atoms with Crippen molar-refractivity contribution >= 4 is 43.6 Å². The van der Waals surface area contributed by atoms with E-state index in [-0.39, 0.29) is 0 Å². The molecule has 8 heteroatoms. The molecule has 0 spiro atoms. The lowest BCUT2D eigenvalue weighted by atomic mass is 9.90. The van der Waals surface area contributed by atoms with Gasteiger partial charge < -0.3 is 9.13 Å². The van der Waals surface area contributed by atoms with Crippen LogP contribution >= 0.6 is 0 Å². The van der Waals surface area contributed by atoms with Crippen LogP contribution in [0.4, 0.5) is 0 Å². The molecule has 0 radical (unpaired) electrons. The van der Waals surface area contributed by atoms with Gasteiger partial charge in [-0.1, -0.05) is 103 Å². The Balaban J connectivity index is 0.883. The van der Waals surface area contributed by atoms with E-state index in [1.54, 1.807) is 24.3 Å². The van der Waals surface area contributed by atoms with Gasteiger partial charge in [0.15, 0.2) is 5.82 Å². The summed E-state index contributed by atoms with van der Waals surface area (Å²) in [5, 5.41) is 44.7. The summed E-state index contributed by atoms with van der Waals surface area (Å²) in [4.78, 5) is 9.81. The molecule has 8 nitrogen and oxygen atoms in total. The fraction of sp³-hybridized carbons (Fsp3) is 0. The lowest BCUT2D eigenvalue weighted by Gasteiger charge is -2.13. The first kappa shape index (κ1) is 41.1. The van der Waals surface area contributed by atoms with E-state index in [4.69, 9.17) is 9.97 Å². The van der Waals surface area contributed by atoms with Crippen molar-refractivity contribution in [3.8, 4) is 91.8 Å². The van der Waals surface area contributed by atoms with Gasteiger partial charge in [-0.3, -0.25) is 0 Å². The molecule has 0 amide bonds. The van der Waals surface area contributed by atoms with E-state index in [2.05, 4.69) is 137 Å².